The molecule has 2 aromatic rings. The predicted octanol–water partition coefficient (Wildman–Crippen LogP) is 5.13. The van der Waals surface area contributed by atoms with E-state index in [-0.39, 0.29) is 5.82 Å². The minimum absolute atomic E-state index is 0.150. The molecular weight excluding hydrogens is 349 g/mol. The summed E-state index contributed by atoms with van der Waals surface area (Å²) in [5.74, 6) is 0.502. The van der Waals surface area contributed by atoms with E-state index in [0.717, 1.165) is 22.6 Å². The second-order valence-electron chi connectivity index (χ2n) is 5.33. The molecule has 3 rings (SSSR count). The van der Waals surface area contributed by atoms with Gasteiger partial charge in [-0.1, -0.05) is 34.1 Å². The van der Waals surface area contributed by atoms with Gasteiger partial charge in [-0.3, -0.25) is 0 Å². The quantitative estimate of drug-likeness (QED) is 0.711. The lowest BCUT2D eigenvalue weighted by Crippen LogP contribution is -2.15. The van der Waals surface area contributed by atoms with E-state index >= 15 is 0 Å². The molecule has 110 valence electrons. The lowest BCUT2D eigenvalue weighted by atomic mass is 10.2. The van der Waals surface area contributed by atoms with Crippen LogP contribution in [0.4, 0.5) is 4.39 Å². The first kappa shape index (κ1) is 15.1. The fraction of sp³-hybridized carbons (Fsp3) is 0.294. The number of nitrogens with one attached hydrogen (secondary N) is 1. The first-order valence-corrected chi connectivity index (χ1v) is 8.87. The first-order valence-electron chi connectivity index (χ1n) is 7.10. The van der Waals surface area contributed by atoms with Crippen LogP contribution < -0.4 is 5.32 Å². The van der Waals surface area contributed by atoms with Gasteiger partial charge in [-0.25, -0.2) is 4.39 Å². The zero-order valence-electron chi connectivity index (χ0n) is 11.6. The highest BCUT2D eigenvalue weighted by molar-refractivity contribution is 9.10. The summed E-state index contributed by atoms with van der Waals surface area (Å²) in [6.07, 6.45) is 2.61. The molecule has 0 aliphatic heterocycles. The standard InChI is InChI=1S/C17H17BrFNS/c18-14-5-4-13(17(19)9-14)11-21-16-3-1-2-12(8-16)10-20-15-6-7-15/h1-5,8-9,15,20H,6-7,10-11H2. The van der Waals surface area contributed by atoms with Gasteiger partial charge in [-0.2, -0.15) is 0 Å². The van der Waals surface area contributed by atoms with E-state index in [9.17, 15) is 4.39 Å². The molecular formula is C17H17BrFNS. The van der Waals surface area contributed by atoms with Crippen LogP contribution in [0, 0.1) is 5.82 Å². The van der Waals surface area contributed by atoms with Crippen molar-refractivity contribution < 1.29 is 4.39 Å². The van der Waals surface area contributed by atoms with Gasteiger partial charge in [0.1, 0.15) is 5.82 Å². The molecule has 0 spiro atoms. The SMILES string of the molecule is Fc1cc(Br)ccc1CSc1cccc(CNC2CC2)c1. The summed E-state index contributed by atoms with van der Waals surface area (Å²) in [6.45, 7) is 0.922. The van der Waals surface area contributed by atoms with Crippen molar-refractivity contribution in [1.82, 2.24) is 5.32 Å². The van der Waals surface area contributed by atoms with Crippen LogP contribution in [-0.2, 0) is 12.3 Å². The molecule has 1 N–H and O–H groups in total. The zero-order chi connectivity index (χ0) is 14.7. The Kier molecular flexibility index (Phi) is 4.99. The summed E-state index contributed by atoms with van der Waals surface area (Å²) >= 11 is 4.96. The zero-order valence-corrected chi connectivity index (χ0v) is 14.0. The third-order valence-corrected chi connectivity index (χ3v) is 5.02. The van der Waals surface area contributed by atoms with E-state index in [1.807, 2.05) is 12.1 Å². The van der Waals surface area contributed by atoms with Crippen LogP contribution in [0.25, 0.3) is 0 Å². The third kappa shape index (κ3) is 4.56. The minimum atomic E-state index is -0.150. The Morgan fingerprint density at radius 3 is 2.81 bits per heavy atom. The average Bonchev–Trinajstić information content (AvgIpc) is 3.29. The lowest BCUT2D eigenvalue weighted by Gasteiger charge is -2.07. The molecule has 1 saturated carbocycles. The highest BCUT2D eigenvalue weighted by Crippen LogP contribution is 2.26. The van der Waals surface area contributed by atoms with Crippen molar-refractivity contribution in [3.05, 3.63) is 63.9 Å². The van der Waals surface area contributed by atoms with Crippen LogP contribution in [0.3, 0.4) is 0 Å². The van der Waals surface area contributed by atoms with E-state index in [1.165, 1.54) is 29.4 Å². The van der Waals surface area contributed by atoms with Gasteiger partial charge in [0.2, 0.25) is 0 Å². The molecule has 1 aliphatic carbocycles. The first-order chi connectivity index (χ1) is 10.2. The van der Waals surface area contributed by atoms with Crippen molar-refractivity contribution in [1.29, 1.82) is 0 Å². The van der Waals surface area contributed by atoms with E-state index in [2.05, 4.69) is 45.5 Å². The van der Waals surface area contributed by atoms with Crippen molar-refractivity contribution in [3.63, 3.8) is 0 Å². The van der Waals surface area contributed by atoms with Crippen molar-refractivity contribution in [2.75, 3.05) is 0 Å². The summed E-state index contributed by atoms with van der Waals surface area (Å²) in [7, 11) is 0. The number of halogens is 2. The second kappa shape index (κ2) is 6.95. The van der Waals surface area contributed by atoms with Gasteiger partial charge in [0.15, 0.2) is 0 Å². The van der Waals surface area contributed by atoms with Gasteiger partial charge in [0.05, 0.1) is 0 Å². The van der Waals surface area contributed by atoms with E-state index in [4.69, 9.17) is 0 Å². The molecule has 0 unspecified atom stereocenters. The maximum atomic E-state index is 13.8. The monoisotopic (exact) mass is 365 g/mol. The van der Waals surface area contributed by atoms with Crippen LogP contribution in [0.1, 0.15) is 24.0 Å². The van der Waals surface area contributed by atoms with Gasteiger partial charge in [-0.15, -0.1) is 11.8 Å². The molecule has 1 fully saturated rings. The Labute approximate surface area is 137 Å². The largest absolute Gasteiger partial charge is 0.310 e. The van der Waals surface area contributed by atoms with Crippen LogP contribution >= 0.6 is 27.7 Å². The van der Waals surface area contributed by atoms with Crippen molar-refractivity contribution in [3.8, 4) is 0 Å². The molecule has 4 heteroatoms. The molecule has 0 heterocycles. The second-order valence-corrected chi connectivity index (χ2v) is 7.29. The fourth-order valence-corrected chi connectivity index (χ4v) is 3.39. The Bertz CT molecular complexity index is 628. The van der Waals surface area contributed by atoms with E-state index < -0.39 is 0 Å². The third-order valence-electron chi connectivity index (χ3n) is 3.48. The van der Waals surface area contributed by atoms with Gasteiger partial charge in [-0.05, 0) is 48.2 Å². The molecule has 1 nitrogen and oxygen atoms in total. The van der Waals surface area contributed by atoms with Crippen LogP contribution in [-0.4, -0.2) is 6.04 Å². The molecule has 21 heavy (non-hydrogen) atoms. The number of hydrogen-bond acceptors (Lipinski definition) is 2. The van der Waals surface area contributed by atoms with E-state index in [0.29, 0.717) is 5.75 Å². The normalized spacial score (nSPS) is 14.4. The summed E-state index contributed by atoms with van der Waals surface area (Å²) in [6, 6.07) is 14.5. The topological polar surface area (TPSA) is 12.0 Å². The van der Waals surface area contributed by atoms with E-state index in [1.54, 1.807) is 11.8 Å². The summed E-state index contributed by atoms with van der Waals surface area (Å²) < 4.78 is 14.6. The molecule has 1 aliphatic rings. The molecule has 0 aromatic heterocycles. The molecule has 0 radical (unpaired) electrons. The molecule has 0 bridgehead atoms. The Morgan fingerprint density at radius 1 is 1.19 bits per heavy atom. The van der Waals surface area contributed by atoms with Crippen LogP contribution in [0.2, 0.25) is 0 Å². The lowest BCUT2D eigenvalue weighted by molar-refractivity contribution is 0.616. The van der Waals surface area contributed by atoms with Crippen LogP contribution in [0.15, 0.2) is 51.8 Å². The molecule has 0 amide bonds. The summed E-state index contributed by atoms with van der Waals surface area (Å²) in [5, 5.41) is 3.51. The number of hydrogen-bond donors (Lipinski definition) is 1. The number of thioether (sulfide) groups is 1. The fourth-order valence-electron chi connectivity index (χ4n) is 2.09. The summed E-state index contributed by atoms with van der Waals surface area (Å²) in [5.41, 5.74) is 2.04. The van der Waals surface area contributed by atoms with Crippen LogP contribution in [0.5, 0.6) is 0 Å². The minimum Gasteiger partial charge on any atom is -0.310 e. The average molecular weight is 366 g/mol. The predicted molar refractivity (Wildman–Crippen MR) is 90.0 cm³/mol. The van der Waals surface area contributed by atoms with Gasteiger partial charge < -0.3 is 5.32 Å². The highest BCUT2D eigenvalue weighted by atomic mass is 79.9. The number of rotatable bonds is 6. The maximum absolute atomic E-state index is 13.8. The Morgan fingerprint density at radius 2 is 2.05 bits per heavy atom. The molecule has 0 atom stereocenters. The van der Waals surface area contributed by atoms with Gasteiger partial charge in [0.25, 0.3) is 0 Å². The Balaban J connectivity index is 1.60. The van der Waals surface area contributed by atoms with Gasteiger partial charge >= 0.3 is 0 Å². The van der Waals surface area contributed by atoms with Crippen molar-refractivity contribution in [2.45, 2.75) is 36.1 Å². The number of benzene rings is 2. The molecule has 0 saturated heterocycles. The highest BCUT2D eigenvalue weighted by Gasteiger charge is 2.19. The smallest absolute Gasteiger partial charge is 0.128 e. The van der Waals surface area contributed by atoms with Crippen molar-refractivity contribution >= 4 is 27.7 Å². The Hall–Kier alpha value is -0.840. The van der Waals surface area contributed by atoms with Crippen molar-refractivity contribution in [2.24, 2.45) is 0 Å². The maximum Gasteiger partial charge on any atom is 0.128 e. The molecule has 2 aromatic carbocycles. The van der Waals surface area contributed by atoms with Gasteiger partial charge in [0, 0.05) is 27.7 Å². The summed E-state index contributed by atoms with van der Waals surface area (Å²) in [4.78, 5) is 1.19.